The molecule has 0 bridgehead atoms. The molecule has 2 atom stereocenters. The highest BCUT2D eigenvalue weighted by Gasteiger charge is 2.45. The van der Waals surface area contributed by atoms with Gasteiger partial charge in [0.1, 0.15) is 12.0 Å². The van der Waals surface area contributed by atoms with Crippen molar-refractivity contribution in [3.05, 3.63) is 0 Å². The molecule has 3 N–H and O–H groups in total. The van der Waals surface area contributed by atoms with Crippen LogP contribution in [-0.4, -0.2) is 35.0 Å². The Hall–Kier alpha value is -1.59. The third-order valence-electron chi connectivity index (χ3n) is 5.01. The molecule has 0 heterocycles. The molecule has 23 heavy (non-hydrogen) atoms. The zero-order valence-corrected chi connectivity index (χ0v) is 15.0. The highest BCUT2D eigenvalue weighted by molar-refractivity contribution is 5.98. The van der Waals surface area contributed by atoms with Crippen LogP contribution in [0.2, 0.25) is 0 Å². The Bertz CT molecular complexity index is 469. The number of carbonyl (C=O) groups is 3. The minimum absolute atomic E-state index is 0.00694. The molecular formula is C17H30N2O4. The van der Waals surface area contributed by atoms with Gasteiger partial charge >= 0.3 is 5.97 Å². The SMILES string of the molecule is CC(NC(=O)C(C)C(=O)O)C(=O)NC1C(C)(C)CCCC1(C)C. The minimum atomic E-state index is -1.20. The van der Waals surface area contributed by atoms with Gasteiger partial charge in [0.2, 0.25) is 11.8 Å². The zero-order valence-electron chi connectivity index (χ0n) is 15.0. The van der Waals surface area contributed by atoms with Crippen LogP contribution >= 0.6 is 0 Å². The van der Waals surface area contributed by atoms with Gasteiger partial charge in [0, 0.05) is 6.04 Å². The van der Waals surface area contributed by atoms with Crippen LogP contribution in [0.1, 0.15) is 60.8 Å². The number of rotatable bonds is 5. The van der Waals surface area contributed by atoms with Crippen molar-refractivity contribution in [1.82, 2.24) is 10.6 Å². The van der Waals surface area contributed by atoms with Gasteiger partial charge in [0.05, 0.1) is 0 Å². The normalized spacial score (nSPS) is 22.7. The predicted octanol–water partition coefficient (Wildman–Crippen LogP) is 1.93. The Morgan fingerprint density at radius 3 is 1.91 bits per heavy atom. The van der Waals surface area contributed by atoms with Gasteiger partial charge in [-0.05, 0) is 37.5 Å². The second-order valence-corrected chi connectivity index (χ2v) is 8.06. The van der Waals surface area contributed by atoms with Crippen LogP contribution in [0.15, 0.2) is 0 Å². The van der Waals surface area contributed by atoms with E-state index in [-0.39, 0.29) is 22.8 Å². The lowest BCUT2D eigenvalue weighted by atomic mass is 9.61. The topological polar surface area (TPSA) is 95.5 Å². The van der Waals surface area contributed by atoms with Crippen molar-refractivity contribution in [2.75, 3.05) is 0 Å². The number of carbonyl (C=O) groups excluding carboxylic acids is 2. The largest absolute Gasteiger partial charge is 0.481 e. The molecule has 0 aromatic rings. The summed E-state index contributed by atoms with van der Waals surface area (Å²) in [5.41, 5.74) is -0.0367. The number of hydrogen-bond acceptors (Lipinski definition) is 3. The molecule has 2 unspecified atom stereocenters. The van der Waals surface area contributed by atoms with Gasteiger partial charge in [-0.15, -0.1) is 0 Å². The third kappa shape index (κ3) is 4.69. The van der Waals surface area contributed by atoms with E-state index < -0.39 is 23.8 Å². The van der Waals surface area contributed by atoms with Gasteiger partial charge in [0.25, 0.3) is 0 Å². The molecule has 1 aliphatic rings. The maximum atomic E-state index is 12.4. The molecule has 1 saturated carbocycles. The summed E-state index contributed by atoms with van der Waals surface area (Å²) in [6.07, 6.45) is 3.21. The third-order valence-corrected chi connectivity index (χ3v) is 5.01. The van der Waals surface area contributed by atoms with Crippen LogP contribution in [0, 0.1) is 16.7 Å². The monoisotopic (exact) mass is 326 g/mol. The molecule has 0 aliphatic heterocycles. The molecule has 0 radical (unpaired) electrons. The van der Waals surface area contributed by atoms with E-state index in [4.69, 9.17) is 5.11 Å². The molecule has 0 aromatic carbocycles. The van der Waals surface area contributed by atoms with Crippen molar-refractivity contribution in [3.8, 4) is 0 Å². The lowest BCUT2D eigenvalue weighted by molar-refractivity contribution is -0.147. The van der Waals surface area contributed by atoms with Gasteiger partial charge in [-0.2, -0.15) is 0 Å². The van der Waals surface area contributed by atoms with Crippen molar-refractivity contribution in [1.29, 1.82) is 0 Å². The maximum Gasteiger partial charge on any atom is 0.315 e. The summed E-state index contributed by atoms with van der Waals surface area (Å²) in [6, 6.07) is -0.759. The summed E-state index contributed by atoms with van der Waals surface area (Å²) < 4.78 is 0. The quantitative estimate of drug-likeness (QED) is 0.673. The van der Waals surface area contributed by atoms with E-state index >= 15 is 0 Å². The van der Waals surface area contributed by atoms with Gasteiger partial charge in [-0.1, -0.05) is 34.1 Å². The summed E-state index contributed by atoms with van der Waals surface area (Å²) >= 11 is 0. The van der Waals surface area contributed by atoms with Gasteiger partial charge < -0.3 is 15.7 Å². The summed E-state index contributed by atoms with van der Waals surface area (Å²) in [7, 11) is 0. The first-order valence-corrected chi connectivity index (χ1v) is 8.22. The number of carboxylic acid groups (broad SMARTS) is 1. The van der Waals surface area contributed by atoms with Gasteiger partial charge in [0.15, 0.2) is 0 Å². The smallest absolute Gasteiger partial charge is 0.315 e. The predicted molar refractivity (Wildman–Crippen MR) is 87.7 cm³/mol. The first-order valence-electron chi connectivity index (χ1n) is 8.22. The number of hydrogen-bond donors (Lipinski definition) is 3. The van der Waals surface area contributed by atoms with Crippen molar-refractivity contribution < 1.29 is 19.5 Å². The summed E-state index contributed by atoms with van der Waals surface area (Å²) in [4.78, 5) is 35.0. The van der Waals surface area contributed by atoms with Crippen molar-refractivity contribution in [2.24, 2.45) is 16.7 Å². The molecule has 1 fully saturated rings. The fourth-order valence-corrected chi connectivity index (χ4v) is 3.52. The molecular weight excluding hydrogens is 296 g/mol. The Balaban J connectivity index is 2.73. The summed E-state index contributed by atoms with van der Waals surface area (Å²) in [5, 5.41) is 14.4. The van der Waals surface area contributed by atoms with Crippen LogP contribution in [0.25, 0.3) is 0 Å². The number of aliphatic carboxylic acids is 1. The lowest BCUT2D eigenvalue weighted by Crippen LogP contribution is -2.59. The van der Waals surface area contributed by atoms with E-state index in [2.05, 4.69) is 38.3 Å². The van der Waals surface area contributed by atoms with E-state index in [0.29, 0.717) is 0 Å². The van der Waals surface area contributed by atoms with Crippen LogP contribution in [-0.2, 0) is 14.4 Å². The molecule has 0 saturated heterocycles. The fourth-order valence-electron chi connectivity index (χ4n) is 3.52. The fraction of sp³-hybridized carbons (Fsp3) is 0.824. The van der Waals surface area contributed by atoms with Crippen LogP contribution < -0.4 is 10.6 Å². The standard InChI is InChI=1S/C17H30N2O4/c1-10(14(22)23)12(20)18-11(2)13(21)19-15-16(3,4)8-7-9-17(15,5)6/h10-11,15H,7-9H2,1-6H3,(H,18,20)(H,19,21)(H,22,23). The molecule has 1 aliphatic carbocycles. The van der Waals surface area contributed by atoms with Gasteiger partial charge in [-0.25, -0.2) is 0 Å². The van der Waals surface area contributed by atoms with Crippen LogP contribution in [0.5, 0.6) is 0 Å². The average molecular weight is 326 g/mol. The number of nitrogens with one attached hydrogen (secondary N) is 2. The molecule has 2 amide bonds. The van der Waals surface area contributed by atoms with Crippen molar-refractivity contribution in [2.45, 2.75) is 72.9 Å². The highest BCUT2D eigenvalue weighted by Crippen LogP contribution is 2.45. The molecule has 0 aromatic heterocycles. The summed E-state index contributed by atoms with van der Waals surface area (Å²) in [5.74, 6) is -3.30. The molecule has 132 valence electrons. The van der Waals surface area contributed by atoms with E-state index in [0.717, 1.165) is 19.3 Å². The molecule has 6 nitrogen and oxygen atoms in total. The first-order chi connectivity index (χ1) is 10.4. The summed E-state index contributed by atoms with van der Waals surface area (Å²) in [6.45, 7) is 11.5. The Kier molecular flexibility index (Phi) is 5.83. The Morgan fingerprint density at radius 1 is 1.00 bits per heavy atom. The van der Waals surface area contributed by atoms with Crippen molar-refractivity contribution >= 4 is 17.8 Å². The van der Waals surface area contributed by atoms with Crippen LogP contribution in [0.3, 0.4) is 0 Å². The Morgan fingerprint density at radius 2 is 1.48 bits per heavy atom. The van der Waals surface area contributed by atoms with E-state index in [1.54, 1.807) is 6.92 Å². The van der Waals surface area contributed by atoms with Crippen molar-refractivity contribution in [3.63, 3.8) is 0 Å². The lowest BCUT2D eigenvalue weighted by Gasteiger charge is -2.49. The first kappa shape index (κ1) is 19.5. The van der Waals surface area contributed by atoms with E-state index in [9.17, 15) is 14.4 Å². The second-order valence-electron chi connectivity index (χ2n) is 8.06. The number of carboxylic acids is 1. The maximum absolute atomic E-state index is 12.4. The Labute approximate surface area is 138 Å². The minimum Gasteiger partial charge on any atom is -0.481 e. The second kappa shape index (κ2) is 6.89. The zero-order chi connectivity index (χ0) is 18.0. The van der Waals surface area contributed by atoms with Gasteiger partial charge in [-0.3, -0.25) is 14.4 Å². The molecule has 6 heteroatoms. The molecule has 1 rings (SSSR count). The molecule has 0 spiro atoms. The van der Waals surface area contributed by atoms with E-state index in [1.807, 2.05) is 0 Å². The number of amides is 2. The van der Waals surface area contributed by atoms with E-state index in [1.165, 1.54) is 6.92 Å². The average Bonchev–Trinajstić information content (AvgIpc) is 2.40. The highest BCUT2D eigenvalue weighted by atomic mass is 16.4. The van der Waals surface area contributed by atoms with Crippen LogP contribution in [0.4, 0.5) is 0 Å².